The summed E-state index contributed by atoms with van der Waals surface area (Å²) in [6.45, 7) is 3.94. The largest absolute Gasteiger partial charge is 0.508 e. The Morgan fingerprint density at radius 2 is 1.81 bits per heavy atom. The molecular weight excluding hydrogens is 332 g/mol. The van der Waals surface area contributed by atoms with Crippen molar-refractivity contribution in [2.24, 2.45) is 0 Å². The lowest BCUT2D eigenvalue weighted by Gasteiger charge is -2.12. The fourth-order valence-corrected chi connectivity index (χ4v) is 2.49. The van der Waals surface area contributed by atoms with Crippen LogP contribution in [0.5, 0.6) is 23.0 Å². The van der Waals surface area contributed by atoms with Crippen LogP contribution in [-0.2, 0) is 6.42 Å². The minimum atomic E-state index is -0.413. The predicted molar refractivity (Wildman–Crippen MR) is 101 cm³/mol. The van der Waals surface area contributed by atoms with E-state index in [1.54, 1.807) is 18.2 Å². The highest BCUT2D eigenvalue weighted by atomic mass is 16.5. The van der Waals surface area contributed by atoms with Crippen LogP contribution in [0.4, 0.5) is 0 Å². The van der Waals surface area contributed by atoms with E-state index in [9.17, 15) is 20.1 Å². The Kier molecular flexibility index (Phi) is 6.07. The van der Waals surface area contributed by atoms with Gasteiger partial charge in [-0.05, 0) is 56.7 Å². The summed E-state index contributed by atoms with van der Waals surface area (Å²) in [5.41, 5.74) is 2.47. The lowest BCUT2D eigenvalue weighted by Crippen LogP contribution is -1.97. The van der Waals surface area contributed by atoms with E-state index in [4.69, 9.17) is 4.74 Å². The molecule has 0 aliphatic rings. The van der Waals surface area contributed by atoms with Crippen LogP contribution in [0.3, 0.4) is 0 Å². The van der Waals surface area contributed by atoms with E-state index in [2.05, 4.69) is 0 Å². The van der Waals surface area contributed by atoms with Gasteiger partial charge >= 0.3 is 0 Å². The second kappa shape index (κ2) is 8.25. The number of carbonyl (C=O) groups is 1. The zero-order chi connectivity index (χ0) is 19.3. The van der Waals surface area contributed by atoms with Gasteiger partial charge in [0, 0.05) is 17.2 Å². The molecule has 2 rings (SSSR count). The zero-order valence-electron chi connectivity index (χ0n) is 15.0. The van der Waals surface area contributed by atoms with E-state index in [0.717, 1.165) is 11.6 Å². The Labute approximate surface area is 152 Å². The molecule has 0 spiro atoms. The fourth-order valence-electron chi connectivity index (χ4n) is 2.49. The molecule has 0 unspecified atom stereocenters. The number of hydrogen-bond donors (Lipinski definition) is 3. The Balaban J connectivity index is 2.36. The van der Waals surface area contributed by atoms with Crippen molar-refractivity contribution in [1.82, 2.24) is 0 Å². The van der Waals surface area contributed by atoms with Gasteiger partial charge in [-0.15, -0.1) is 0 Å². The Morgan fingerprint density at radius 3 is 2.42 bits per heavy atom. The van der Waals surface area contributed by atoms with Gasteiger partial charge in [-0.3, -0.25) is 4.79 Å². The van der Waals surface area contributed by atoms with Gasteiger partial charge in [0.1, 0.15) is 23.0 Å². The summed E-state index contributed by atoms with van der Waals surface area (Å²) in [5.74, 6) is -0.210. The Hall–Kier alpha value is -3.21. The zero-order valence-corrected chi connectivity index (χ0v) is 15.0. The van der Waals surface area contributed by atoms with Crippen LogP contribution >= 0.6 is 0 Å². The summed E-state index contributed by atoms with van der Waals surface area (Å²) in [7, 11) is 1.51. The molecule has 3 N–H and O–H groups in total. The van der Waals surface area contributed by atoms with Gasteiger partial charge in [-0.1, -0.05) is 11.6 Å². The molecule has 0 aliphatic heterocycles. The number of methoxy groups -OCH3 is 1. The molecule has 0 aliphatic carbocycles. The highest BCUT2D eigenvalue weighted by Crippen LogP contribution is 2.33. The van der Waals surface area contributed by atoms with Gasteiger partial charge in [0.05, 0.1) is 12.7 Å². The number of aromatic hydroxyl groups is 3. The third kappa shape index (κ3) is 4.45. The SMILES string of the molecule is COc1c(/C=C/C(=O)c2ccc(O)cc2O)ccc(O)c1CC=C(C)C. The van der Waals surface area contributed by atoms with E-state index in [1.807, 2.05) is 19.9 Å². The number of rotatable bonds is 6. The lowest BCUT2D eigenvalue weighted by atomic mass is 10.0. The van der Waals surface area contributed by atoms with Gasteiger partial charge in [0.25, 0.3) is 0 Å². The van der Waals surface area contributed by atoms with E-state index < -0.39 is 5.78 Å². The van der Waals surface area contributed by atoms with Gasteiger partial charge in [-0.25, -0.2) is 0 Å². The van der Waals surface area contributed by atoms with Crippen molar-refractivity contribution in [2.45, 2.75) is 20.3 Å². The highest BCUT2D eigenvalue weighted by molar-refractivity contribution is 6.08. The quantitative estimate of drug-likeness (QED) is 0.411. The number of ketones is 1. The average Bonchev–Trinajstić information content (AvgIpc) is 2.58. The fraction of sp³-hybridized carbons (Fsp3) is 0.190. The molecule has 2 aromatic carbocycles. The second-order valence-corrected chi connectivity index (χ2v) is 6.07. The normalized spacial score (nSPS) is 10.7. The van der Waals surface area contributed by atoms with Crippen LogP contribution in [0.15, 0.2) is 48.1 Å². The summed E-state index contributed by atoms with van der Waals surface area (Å²) in [5, 5.41) is 29.2. The standard InChI is InChI=1S/C21H22O5/c1-13(2)4-8-17-19(24)11-6-14(21(17)26-3)5-10-18(23)16-9-7-15(22)12-20(16)25/h4-7,9-12,22,24-25H,8H2,1-3H3/b10-5+. The van der Waals surface area contributed by atoms with Gasteiger partial charge in [-0.2, -0.15) is 0 Å². The first-order valence-electron chi connectivity index (χ1n) is 8.10. The molecule has 0 aromatic heterocycles. The third-order valence-electron chi connectivity index (χ3n) is 3.85. The van der Waals surface area contributed by atoms with E-state index >= 15 is 0 Å². The molecule has 5 nitrogen and oxygen atoms in total. The number of phenols is 3. The van der Waals surface area contributed by atoms with Crippen molar-refractivity contribution < 1.29 is 24.9 Å². The lowest BCUT2D eigenvalue weighted by molar-refractivity contribution is 0.104. The molecule has 0 amide bonds. The minimum absolute atomic E-state index is 0.0848. The average molecular weight is 354 g/mol. The molecule has 0 bridgehead atoms. The van der Waals surface area contributed by atoms with Crippen molar-refractivity contribution >= 4 is 11.9 Å². The summed E-state index contributed by atoms with van der Waals surface area (Å²) < 4.78 is 5.43. The molecule has 0 saturated carbocycles. The number of hydrogen-bond acceptors (Lipinski definition) is 5. The van der Waals surface area contributed by atoms with Crippen LogP contribution in [0.2, 0.25) is 0 Å². The summed E-state index contributed by atoms with van der Waals surface area (Å²) in [4.78, 5) is 12.3. The van der Waals surface area contributed by atoms with Crippen LogP contribution < -0.4 is 4.74 Å². The van der Waals surface area contributed by atoms with Gasteiger partial charge in [0.15, 0.2) is 5.78 Å². The smallest absolute Gasteiger partial charge is 0.189 e. The van der Waals surface area contributed by atoms with E-state index in [-0.39, 0.29) is 22.8 Å². The minimum Gasteiger partial charge on any atom is -0.508 e. The first kappa shape index (κ1) is 19.1. The van der Waals surface area contributed by atoms with Crippen LogP contribution in [0.1, 0.15) is 35.3 Å². The van der Waals surface area contributed by atoms with Gasteiger partial charge < -0.3 is 20.1 Å². The molecule has 0 heterocycles. The number of phenolic OH excluding ortho intramolecular Hbond substituents is 3. The van der Waals surface area contributed by atoms with Gasteiger partial charge in [0.2, 0.25) is 0 Å². The van der Waals surface area contributed by atoms with Crippen molar-refractivity contribution in [2.75, 3.05) is 7.11 Å². The molecule has 136 valence electrons. The molecule has 0 radical (unpaired) electrons. The maximum atomic E-state index is 12.3. The maximum absolute atomic E-state index is 12.3. The number of benzene rings is 2. The Bertz CT molecular complexity index is 874. The molecular formula is C21H22O5. The third-order valence-corrected chi connectivity index (χ3v) is 3.85. The highest BCUT2D eigenvalue weighted by Gasteiger charge is 2.13. The Morgan fingerprint density at radius 1 is 1.08 bits per heavy atom. The first-order chi connectivity index (χ1) is 12.3. The summed E-state index contributed by atoms with van der Waals surface area (Å²) >= 11 is 0. The monoisotopic (exact) mass is 354 g/mol. The first-order valence-corrected chi connectivity index (χ1v) is 8.10. The van der Waals surface area contributed by atoms with Crippen molar-refractivity contribution in [3.05, 3.63) is 64.7 Å². The molecule has 2 aromatic rings. The van der Waals surface area contributed by atoms with E-state index in [0.29, 0.717) is 23.3 Å². The molecule has 5 heteroatoms. The van der Waals surface area contributed by atoms with Crippen molar-refractivity contribution in [1.29, 1.82) is 0 Å². The van der Waals surface area contributed by atoms with Crippen molar-refractivity contribution in [3.8, 4) is 23.0 Å². The van der Waals surface area contributed by atoms with Crippen LogP contribution in [-0.4, -0.2) is 28.2 Å². The number of ether oxygens (including phenoxy) is 1. The summed E-state index contributed by atoms with van der Waals surface area (Å²) in [6.07, 6.45) is 5.36. The molecule has 0 fully saturated rings. The molecule has 0 saturated heterocycles. The number of allylic oxidation sites excluding steroid dienone is 3. The molecule has 26 heavy (non-hydrogen) atoms. The predicted octanol–water partition coefficient (Wildman–Crippen LogP) is 4.22. The number of carbonyl (C=O) groups excluding carboxylic acids is 1. The van der Waals surface area contributed by atoms with Crippen LogP contribution in [0.25, 0.3) is 6.08 Å². The van der Waals surface area contributed by atoms with Crippen molar-refractivity contribution in [3.63, 3.8) is 0 Å². The summed E-state index contributed by atoms with van der Waals surface area (Å²) in [6, 6.07) is 7.00. The van der Waals surface area contributed by atoms with Crippen LogP contribution in [0, 0.1) is 0 Å². The maximum Gasteiger partial charge on any atom is 0.189 e. The second-order valence-electron chi connectivity index (χ2n) is 6.07. The topological polar surface area (TPSA) is 87.0 Å². The molecule has 0 atom stereocenters. The van der Waals surface area contributed by atoms with E-state index in [1.165, 1.54) is 25.3 Å².